The van der Waals surface area contributed by atoms with Crippen molar-refractivity contribution in [3.8, 4) is 0 Å². The maximum atomic E-state index is 7.85. The molecule has 4 nitrogen and oxygen atoms in total. The third-order valence-electron chi connectivity index (χ3n) is 3.74. The minimum Gasteiger partial charge on any atom is -0.384 e. The standard InChI is InChI=1S/C16H18N4/c1-10-9-11(2)19-16(14(10)15(17)18)20-8-7-12-5-3-4-6-13(12)20/h3-6,9H,7-8H2,1-2H3,(H3,17,18). The van der Waals surface area contributed by atoms with Gasteiger partial charge in [0.05, 0.1) is 5.56 Å². The van der Waals surface area contributed by atoms with Gasteiger partial charge >= 0.3 is 0 Å². The summed E-state index contributed by atoms with van der Waals surface area (Å²) < 4.78 is 0. The number of pyridine rings is 1. The Morgan fingerprint density at radius 1 is 1.30 bits per heavy atom. The summed E-state index contributed by atoms with van der Waals surface area (Å²) in [6.07, 6.45) is 1.00. The molecule has 1 aromatic heterocycles. The fourth-order valence-electron chi connectivity index (χ4n) is 2.90. The fraction of sp³-hybridized carbons (Fsp3) is 0.250. The molecule has 4 heteroatoms. The summed E-state index contributed by atoms with van der Waals surface area (Å²) in [6.45, 7) is 4.84. The van der Waals surface area contributed by atoms with E-state index >= 15 is 0 Å². The van der Waals surface area contributed by atoms with Crippen LogP contribution in [-0.2, 0) is 6.42 Å². The maximum absolute atomic E-state index is 7.85. The Morgan fingerprint density at radius 3 is 2.80 bits per heavy atom. The second-order valence-corrected chi connectivity index (χ2v) is 5.22. The van der Waals surface area contributed by atoms with Crippen molar-refractivity contribution in [1.29, 1.82) is 5.41 Å². The molecular formula is C16H18N4. The van der Waals surface area contributed by atoms with Gasteiger partial charge in [0.15, 0.2) is 0 Å². The zero-order valence-corrected chi connectivity index (χ0v) is 11.8. The lowest BCUT2D eigenvalue weighted by Crippen LogP contribution is -2.23. The lowest BCUT2D eigenvalue weighted by atomic mass is 10.1. The molecule has 0 aliphatic carbocycles. The Labute approximate surface area is 118 Å². The highest BCUT2D eigenvalue weighted by Crippen LogP contribution is 2.35. The first-order valence-corrected chi connectivity index (χ1v) is 6.76. The summed E-state index contributed by atoms with van der Waals surface area (Å²) in [5.41, 5.74) is 11.0. The van der Waals surface area contributed by atoms with E-state index in [0.717, 1.165) is 35.6 Å². The number of nitrogens with two attached hydrogens (primary N) is 1. The van der Waals surface area contributed by atoms with Crippen molar-refractivity contribution < 1.29 is 0 Å². The molecule has 0 unspecified atom stereocenters. The van der Waals surface area contributed by atoms with Gasteiger partial charge in [-0.2, -0.15) is 0 Å². The van der Waals surface area contributed by atoms with Crippen LogP contribution in [0.3, 0.4) is 0 Å². The number of aromatic nitrogens is 1. The summed E-state index contributed by atoms with van der Waals surface area (Å²) in [5.74, 6) is 0.884. The number of amidine groups is 1. The van der Waals surface area contributed by atoms with Gasteiger partial charge in [-0.3, -0.25) is 5.41 Å². The SMILES string of the molecule is Cc1cc(C)c(C(=N)N)c(N2CCc3ccccc32)n1. The minimum absolute atomic E-state index is 0.0781. The molecule has 0 atom stereocenters. The number of hydrogen-bond acceptors (Lipinski definition) is 3. The summed E-state index contributed by atoms with van der Waals surface area (Å²) in [5, 5.41) is 7.85. The summed E-state index contributed by atoms with van der Waals surface area (Å²) in [4.78, 5) is 6.81. The van der Waals surface area contributed by atoms with Gasteiger partial charge in [0, 0.05) is 17.9 Å². The van der Waals surface area contributed by atoms with Gasteiger partial charge in [0.1, 0.15) is 11.7 Å². The van der Waals surface area contributed by atoms with Crippen molar-refractivity contribution in [2.24, 2.45) is 5.73 Å². The van der Waals surface area contributed by atoms with Crippen LogP contribution in [0.25, 0.3) is 0 Å². The van der Waals surface area contributed by atoms with Crippen molar-refractivity contribution in [1.82, 2.24) is 4.98 Å². The van der Waals surface area contributed by atoms with Gasteiger partial charge in [0.25, 0.3) is 0 Å². The number of aryl methyl sites for hydroxylation is 2. The van der Waals surface area contributed by atoms with Crippen LogP contribution < -0.4 is 10.6 Å². The Morgan fingerprint density at radius 2 is 2.05 bits per heavy atom. The zero-order valence-electron chi connectivity index (χ0n) is 11.8. The Bertz CT molecular complexity index is 691. The average Bonchev–Trinajstić information content (AvgIpc) is 2.80. The normalized spacial score (nSPS) is 13.4. The van der Waals surface area contributed by atoms with Gasteiger partial charge in [-0.15, -0.1) is 0 Å². The molecule has 3 rings (SSSR count). The predicted molar refractivity (Wildman–Crippen MR) is 81.9 cm³/mol. The van der Waals surface area contributed by atoms with Crippen LogP contribution in [0, 0.1) is 19.3 Å². The van der Waals surface area contributed by atoms with Gasteiger partial charge in [-0.25, -0.2) is 4.98 Å². The molecule has 0 radical (unpaired) electrons. The second-order valence-electron chi connectivity index (χ2n) is 5.22. The van der Waals surface area contributed by atoms with Crippen LogP contribution in [0.4, 0.5) is 11.5 Å². The van der Waals surface area contributed by atoms with E-state index in [1.165, 1.54) is 11.3 Å². The van der Waals surface area contributed by atoms with Gasteiger partial charge in [-0.1, -0.05) is 18.2 Å². The van der Waals surface area contributed by atoms with Gasteiger partial charge in [-0.05, 0) is 43.5 Å². The Hall–Kier alpha value is -2.36. The topological polar surface area (TPSA) is 66.0 Å². The van der Waals surface area contributed by atoms with Crippen molar-refractivity contribution >= 4 is 17.3 Å². The van der Waals surface area contributed by atoms with E-state index in [1.807, 2.05) is 26.0 Å². The van der Waals surface area contributed by atoms with E-state index in [2.05, 4.69) is 28.1 Å². The highest BCUT2D eigenvalue weighted by Gasteiger charge is 2.25. The number of nitrogen functional groups attached to an aromatic ring is 1. The van der Waals surface area contributed by atoms with Gasteiger partial charge < -0.3 is 10.6 Å². The monoisotopic (exact) mass is 266 g/mol. The second kappa shape index (κ2) is 4.63. The van der Waals surface area contributed by atoms with Crippen molar-refractivity contribution in [2.45, 2.75) is 20.3 Å². The Kier molecular flexibility index (Phi) is 2.93. The van der Waals surface area contributed by atoms with Crippen molar-refractivity contribution in [3.63, 3.8) is 0 Å². The average molecular weight is 266 g/mol. The molecule has 0 saturated carbocycles. The van der Waals surface area contributed by atoms with Crippen LogP contribution in [0.1, 0.15) is 22.4 Å². The third kappa shape index (κ3) is 1.93. The van der Waals surface area contributed by atoms with Crippen LogP contribution in [0.2, 0.25) is 0 Å². The molecule has 0 saturated heterocycles. The molecule has 1 aliphatic rings. The summed E-state index contributed by atoms with van der Waals surface area (Å²) in [6, 6.07) is 10.3. The number of rotatable bonds is 2. The first-order valence-electron chi connectivity index (χ1n) is 6.76. The predicted octanol–water partition coefficient (Wildman–Crippen LogP) is 2.68. The molecule has 3 N–H and O–H groups in total. The molecule has 102 valence electrons. The van der Waals surface area contributed by atoms with E-state index in [1.54, 1.807) is 0 Å². The molecule has 0 amide bonds. The highest BCUT2D eigenvalue weighted by atomic mass is 15.2. The number of fused-ring (bicyclic) bond motifs is 1. The molecule has 2 aromatic rings. The number of nitrogens with one attached hydrogen (secondary N) is 1. The number of anilines is 2. The maximum Gasteiger partial charge on any atom is 0.144 e. The molecular weight excluding hydrogens is 248 g/mol. The van der Waals surface area contributed by atoms with Crippen LogP contribution in [-0.4, -0.2) is 17.4 Å². The van der Waals surface area contributed by atoms with E-state index in [-0.39, 0.29) is 5.84 Å². The summed E-state index contributed by atoms with van der Waals surface area (Å²) in [7, 11) is 0. The molecule has 20 heavy (non-hydrogen) atoms. The van der Waals surface area contributed by atoms with Crippen LogP contribution in [0.15, 0.2) is 30.3 Å². The minimum atomic E-state index is 0.0781. The molecule has 0 spiro atoms. The van der Waals surface area contributed by atoms with Crippen LogP contribution in [0.5, 0.6) is 0 Å². The molecule has 1 aromatic carbocycles. The van der Waals surface area contributed by atoms with Crippen molar-refractivity contribution in [2.75, 3.05) is 11.4 Å². The smallest absolute Gasteiger partial charge is 0.144 e. The van der Waals surface area contributed by atoms with E-state index in [4.69, 9.17) is 11.1 Å². The molecule has 0 bridgehead atoms. The van der Waals surface area contributed by atoms with E-state index in [9.17, 15) is 0 Å². The van der Waals surface area contributed by atoms with Crippen LogP contribution >= 0.6 is 0 Å². The molecule has 1 aliphatic heterocycles. The Balaban J connectivity index is 2.19. The van der Waals surface area contributed by atoms with E-state index < -0.39 is 0 Å². The fourth-order valence-corrected chi connectivity index (χ4v) is 2.90. The number of benzene rings is 1. The lowest BCUT2D eigenvalue weighted by Gasteiger charge is -2.23. The molecule has 2 heterocycles. The van der Waals surface area contributed by atoms with Crippen molar-refractivity contribution in [3.05, 3.63) is 52.7 Å². The van der Waals surface area contributed by atoms with Gasteiger partial charge in [0.2, 0.25) is 0 Å². The van der Waals surface area contributed by atoms with E-state index in [0.29, 0.717) is 0 Å². The quantitative estimate of drug-likeness (QED) is 0.648. The first-order chi connectivity index (χ1) is 9.58. The number of nitrogens with zero attached hydrogens (tertiary/aromatic N) is 2. The zero-order chi connectivity index (χ0) is 14.3. The number of para-hydroxylation sites is 1. The number of hydrogen-bond donors (Lipinski definition) is 2. The lowest BCUT2D eigenvalue weighted by molar-refractivity contribution is 0.960. The first kappa shape index (κ1) is 12.7. The summed E-state index contributed by atoms with van der Waals surface area (Å²) >= 11 is 0. The third-order valence-corrected chi connectivity index (χ3v) is 3.74. The highest BCUT2D eigenvalue weighted by molar-refractivity contribution is 6.02. The largest absolute Gasteiger partial charge is 0.384 e. The molecule has 0 fully saturated rings.